The van der Waals surface area contributed by atoms with Gasteiger partial charge in [0.15, 0.2) is 0 Å². The van der Waals surface area contributed by atoms with E-state index in [1.165, 1.54) is 12.8 Å². The minimum atomic E-state index is -0.666. The van der Waals surface area contributed by atoms with Gasteiger partial charge in [-0.2, -0.15) is 10.4 Å². The molecule has 6 heteroatoms. The van der Waals surface area contributed by atoms with Gasteiger partial charge < -0.3 is 10.0 Å². The third kappa shape index (κ3) is 2.61. The molecule has 6 rings (SSSR count). The van der Waals surface area contributed by atoms with E-state index in [-0.39, 0.29) is 22.7 Å². The molecule has 2 saturated carbocycles. The zero-order valence-electron chi connectivity index (χ0n) is 18.9. The molecule has 3 heterocycles. The van der Waals surface area contributed by atoms with E-state index in [1.54, 1.807) is 0 Å². The molecule has 1 N–H and O–H groups in total. The van der Waals surface area contributed by atoms with E-state index >= 15 is 0 Å². The first-order valence-electron chi connectivity index (χ1n) is 11.6. The van der Waals surface area contributed by atoms with Gasteiger partial charge in [-0.05, 0) is 49.3 Å². The van der Waals surface area contributed by atoms with E-state index in [0.717, 1.165) is 47.5 Å². The molecule has 3 atom stereocenters. The van der Waals surface area contributed by atoms with Crippen molar-refractivity contribution in [1.82, 2.24) is 14.8 Å². The Morgan fingerprint density at radius 2 is 1.88 bits per heavy atom. The summed E-state index contributed by atoms with van der Waals surface area (Å²) in [5.74, 6) is 1.21. The number of aromatic nitrogens is 3. The highest BCUT2D eigenvalue weighted by Crippen LogP contribution is 2.78. The van der Waals surface area contributed by atoms with Crippen LogP contribution < -0.4 is 4.90 Å². The second-order valence-electron chi connectivity index (χ2n) is 10.6. The number of hydrogen-bond donors (Lipinski definition) is 1. The lowest BCUT2D eigenvalue weighted by molar-refractivity contribution is -0.0504. The van der Waals surface area contributed by atoms with Crippen molar-refractivity contribution in [2.24, 2.45) is 17.3 Å². The summed E-state index contributed by atoms with van der Waals surface area (Å²) >= 11 is 0. The number of benzene rings is 1. The third-order valence-electron chi connectivity index (χ3n) is 8.77. The zero-order valence-corrected chi connectivity index (χ0v) is 18.9. The smallest absolute Gasteiger partial charge is 0.130 e. The summed E-state index contributed by atoms with van der Waals surface area (Å²) in [6.45, 7) is 7.68. The number of fused-ring (bicyclic) bond motifs is 1. The Morgan fingerprint density at radius 1 is 1.12 bits per heavy atom. The molecule has 2 aliphatic carbocycles. The fourth-order valence-corrected chi connectivity index (χ4v) is 5.83. The van der Waals surface area contributed by atoms with Crippen LogP contribution in [-0.2, 0) is 5.41 Å². The largest absolute Gasteiger partial charge is 0.389 e. The fraction of sp³-hybridized carbons (Fsp3) is 0.500. The van der Waals surface area contributed by atoms with Gasteiger partial charge in [-0.15, -0.1) is 0 Å². The monoisotopic (exact) mass is 427 g/mol. The number of nitrogens with zero attached hydrogens (tertiary/aromatic N) is 5. The van der Waals surface area contributed by atoms with E-state index in [9.17, 15) is 10.4 Å². The van der Waals surface area contributed by atoms with Crippen LogP contribution in [-0.4, -0.2) is 38.6 Å². The van der Waals surface area contributed by atoms with Gasteiger partial charge >= 0.3 is 0 Å². The van der Waals surface area contributed by atoms with E-state index < -0.39 is 5.60 Å². The average molecular weight is 428 g/mol. The third-order valence-corrected chi connectivity index (χ3v) is 8.77. The van der Waals surface area contributed by atoms with Gasteiger partial charge in [-0.1, -0.05) is 26.0 Å². The molecule has 3 fully saturated rings. The van der Waals surface area contributed by atoms with Crippen molar-refractivity contribution in [3.63, 3.8) is 0 Å². The Hall–Kier alpha value is -2.91. The van der Waals surface area contributed by atoms with Crippen molar-refractivity contribution in [2.75, 3.05) is 18.0 Å². The van der Waals surface area contributed by atoms with Crippen LogP contribution in [0.5, 0.6) is 0 Å². The summed E-state index contributed by atoms with van der Waals surface area (Å²) in [6, 6.07) is 13.1. The molecular formula is C26H29N5O. The number of rotatable bonds is 3. The molecule has 1 saturated heterocycles. The Morgan fingerprint density at radius 3 is 2.53 bits per heavy atom. The van der Waals surface area contributed by atoms with Gasteiger partial charge in [-0.25, -0.2) is 9.67 Å². The van der Waals surface area contributed by atoms with Crippen LogP contribution in [0.4, 0.5) is 5.82 Å². The van der Waals surface area contributed by atoms with Gasteiger partial charge in [0.25, 0.3) is 0 Å². The number of piperidine rings is 1. The normalized spacial score (nSPS) is 32.8. The minimum absolute atomic E-state index is 0.153. The van der Waals surface area contributed by atoms with Gasteiger partial charge in [0.05, 0.1) is 34.5 Å². The summed E-state index contributed by atoms with van der Waals surface area (Å²) in [6.07, 6.45) is 7.06. The lowest BCUT2D eigenvalue weighted by atomic mass is 9.76. The lowest BCUT2D eigenvalue weighted by Crippen LogP contribution is -2.55. The minimum Gasteiger partial charge on any atom is -0.389 e. The predicted molar refractivity (Wildman–Crippen MR) is 124 cm³/mol. The Labute approximate surface area is 188 Å². The first-order valence-corrected chi connectivity index (χ1v) is 11.6. The van der Waals surface area contributed by atoms with Crippen LogP contribution in [0.2, 0.25) is 0 Å². The number of hydrogen-bond acceptors (Lipinski definition) is 5. The molecule has 1 spiro atoms. The number of nitriles is 1. The molecule has 1 aliphatic heterocycles. The predicted octanol–water partition coefficient (Wildman–Crippen LogP) is 4.21. The summed E-state index contributed by atoms with van der Waals surface area (Å²) in [4.78, 5) is 6.90. The molecule has 0 radical (unpaired) electrons. The van der Waals surface area contributed by atoms with Crippen LogP contribution in [0, 0.1) is 28.6 Å². The van der Waals surface area contributed by atoms with Gasteiger partial charge in [0.2, 0.25) is 0 Å². The molecule has 6 nitrogen and oxygen atoms in total. The van der Waals surface area contributed by atoms with Crippen molar-refractivity contribution >= 4 is 16.7 Å². The molecule has 2 aromatic heterocycles. The zero-order chi connectivity index (χ0) is 22.3. The van der Waals surface area contributed by atoms with Gasteiger partial charge in [0.1, 0.15) is 5.82 Å². The van der Waals surface area contributed by atoms with Crippen molar-refractivity contribution < 1.29 is 5.11 Å². The maximum absolute atomic E-state index is 10.8. The first kappa shape index (κ1) is 19.8. The Kier molecular flexibility index (Phi) is 3.90. The standard InChI is InChI=1S/C26H29N5O/c1-17-13-30(14-18(2)24(17,3)32)23-11-21(6-9-28-23)31-22-10-20(5-4-19(22)12-29-31)26(16-27)15-25(26)7-8-25/h4-6,9-12,17-18,32H,7-8,13-15H2,1-3H3. The van der Waals surface area contributed by atoms with Crippen LogP contribution in [0.3, 0.4) is 0 Å². The molecule has 3 aromatic rings. The van der Waals surface area contributed by atoms with E-state index in [1.807, 2.05) is 30.1 Å². The Balaban J connectivity index is 1.37. The average Bonchev–Trinajstić information content (AvgIpc) is 3.66. The number of aliphatic hydroxyl groups is 1. The van der Waals surface area contributed by atoms with Crippen molar-refractivity contribution in [2.45, 2.75) is 51.0 Å². The highest BCUT2D eigenvalue weighted by molar-refractivity contribution is 5.82. The summed E-state index contributed by atoms with van der Waals surface area (Å²) < 4.78 is 1.96. The highest BCUT2D eigenvalue weighted by Gasteiger charge is 2.75. The molecule has 3 unspecified atom stereocenters. The summed E-state index contributed by atoms with van der Waals surface area (Å²) in [5, 5.41) is 26.5. The van der Waals surface area contributed by atoms with Crippen LogP contribution in [0.15, 0.2) is 42.7 Å². The molecule has 0 amide bonds. The van der Waals surface area contributed by atoms with Gasteiger partial charge in [0, 0.05) is 42.6 Å². The SMILES string of the molecule is CC1CN(c2cc(-n3ncc4ccc(C5(C#N)CC56CC6)cc43)ccn2)CC(C)C1(C)O. The molecular weight excluding hydrogens is 398 g/mol. The van der Waals surface area contributed by atoms with Crippen molar-refractivity contribution in [3.05, 3.63) is 48.3 Å². The maximum Gasteiger partial charge on any atom is 0.130 e. The van der Waals surface area contributed by atoms with Crippen molar-refractivity contribution in [3.8, 4) is 11.8 Å². The van der Waals surface area contributed by atoms with Crippen molar-refractivity contribution in [1.29, 1.82) is 5.26 Å². The summed E-state index contributed by atoms with van der Waals surface area (Å²) in [7, 11) is 0. The molecule has 3 aliphatic rings. The molecule has 0 bridgehead atoms. The second kappa shape index (κ2) is 6.32. The van der Waals surface area contributed by atoms with Crippen LogP contribution >= 0.6 is 0 Å². The first-order chi connectivity index (χ1) is 15.3. The molecule has 1 aromatic carbocycles. The second-order valence-corrected chi connectivity index (χ2v) is 10.6. The number of pyridine rings is 1. The summed E-state index contributed by atoms with van der Waals surface area (Å²) in [5.41, 5.74) is 2.38. The van der Waals surface area contributed by atoms with E-state index in [4.69, 9.17) is 0 Å². The maximum atomic E-state index is 10.8. The topological polar surface area (TPSA) is 78.0 Å². The van der Waals surface area contributed by atoms with Crippen LogP contribution in [0.1, 0.15) is 45.6 Å². The lowest BCUT2D eigenvalue weighted by Gasteiger charge is -2.46. The molecule has 164 valence electrons. The number of anilines is 1. The van der Waals surface area contributed by atoms with Gasteiger partial charge in [-0.3, -0.25) is 0 Å². The fourth-order valence-electron chi connectivity index (χ4n) is 5.83. The van der Waals surface area contributed by atoms with E-state index in [2.05, 4.69) is 59.2 Å². The van der Waals surface area contributed by atoms with Crippen LogP contribution in [0.25, 0.3) is 16.6 Å². The van der Waals surface area contributed by atoms with E-state index in [0.29, 0.717) is 0 Å². The quantitative estimate of drug-likeness (QED) is 0.677. The molecule has 32 heavy (non-hydrogen) atoms. The Bertz CT molecular complexity index is 1250. The highest BCUT2D eigenvalue weighted by atomic mass is 16.3.